The summed E-state index contributed by atoms with van der Waals surface area (Å²) in [6.45, 7) is 4.27. The highest BCUT2D eigenvalue weighted by Gasteiger charge is 2.12. The number of benzene rings is 2. The Morgan fingerprint density at radius 3 is 2.49 bits per heavy atom. The number of hydrogen-bond acceptors (Lipinski definition) is 8. The first kappa shape index (κ1) is 25.3. The van der Waals surface area contributed by atoms with Crippen molar-refractivity contribution >= 4 is 40.0 Å². The van der Waals surface area contributed by atoms with Crippen molar-refractivity contribution < 1.29 is 23.8 Å². The lowest BCUT2D eigenvalue weighted by Gasteiger charge is -2.13. The lowest BCUT2D eigenvalue weighted by Crippen LogP contribution is -2.13. The van der Waals surface area contributed by atoms with Gasteiger partial charge in [-0.1, -0.05) is 6.07 Å². The summed E-state index contributed by atoms with van der Waals surface area (Å²) in [7, 11) is 0. The molecular weight excluding hydrogens is 468 g/mol. The van der Waals surface area contributed by atoms with Gasteiger partial charge in [-0.15, -0.1) is 11.3 Å². The summed E-state index contributed by atoms with van der Waals surface area (Å²) in [5, 5.41) is 16.9. The maximum Gasteiger partial charge on any atom is 0.268 e. The molecule has 9 nitrogen and oxygen atoms in total. The van der Waals surface area contributed by atoms with Crippen LogP contribution in [0, 0.1) is 11.3 Å². The molecule has 0 saturated carbocycles. The van der Waals surface area contributed by atoms with Crippen LogP contribution < -0.4 is 24.8 Å². The maximum atomic E-state index is 12.4. The van der Waals surface area contributed by atoms with Crippen molar-refractivity contribution in [2.75, 3.05) is 30.5 Å². The molecule has 10 heteroatoms. The van der Waals surface area contributed by atoms with Crippen molar-refractivity contribution in [1.82, 2.24) is 4.98 Å². The van der Waals surface area contributed by atoms with E-state index in [0.717, 1.165) is 0 Å². The van der Waals surface area contributed by atoms with Gasteiger partial charge >= 0.3 is 0 Å². The molecule has 0 atom stereocenters. The molecule has 3 rings (SSSR count). The largest absolute Gasteiger partial charge is 0.490 e. The third-order valence-corrected chi connectivity index (χ3v) is 5.07. The molecule has 1 heterocycles. The highest BCUT2D eigenvalue weighted by atomic mass is 32.1. The molecule has 0 saturated heterocycles. The summed E-state index contributed by atoms with van der Waals surface area (Å²) in [6.07, 6.45) is 3.04. The van der Waals surface area contributed by atoms with Gasteiger partial charge < -0.3 is 19.5 Å². The van der Waals surface area contributed by atoms with Crippen molar-refractivity contribution in [2.24, 2.45) is 0 Å². The van der Waals surface area contributed by atoms with Crippen LogP contribution in [0.3, 0.4) is 0 Å². The lowest BCUT2D eigenvalue weighted by atomic mass is 10.1. The molecule has 0 fully saturated rings. The van der Waals surface area contributed by atoms with E-state index < -0.39 is 5.91 Å². The van der Waals surface area contributed by atoms with E-state index >= 15 is 0 Å². The smallest absolute Gasteiger partial charge is 0.268 e. The molecule has 0 unspecified atom stereocenters. The summed E-state index contributed by atoms with van der Waals surface area (Å²) in [4.78, 5) is 27.4. The minimum Gasteiger partial charge on any atom is -0.490 e. The van der Waals surface area contributed by atoms with Crippen LogP contribution in [-0.4, -0.2) is 36.6 Å². The summed E-state index contributed by atoms with van der Waals surface area (Å²) >= 11 is 1.27. The number of carbonyl (C=O) groups excluding carboxylic acids is 2. The first-order valence-corrected chi connectivity index (χ1v) is 11.6. The quantitative estimate of drug-likeness (QED) is 0.229. The van der Waals surface area contributed by atoms with Gasteiger partial charge in [0.25, 0.3) is 5.91 Å². The van der Waals surface area contributed by atoms with Gasteiger partial charge in [0.15, 0.2) is 16.6 Å². The fraction of sp³-hybridized carbons (Fsp3) is 0.200. The van der Waals surface area contributed by atoms with Crippen molar-refractivity contribution in [1.29, 1.82) is 5.26 Å². The Bertz CT molecular complexity index is 1220. The van der Waals surface area contributed by atoms with Gasteiger partial charge in [-0.05, 0) is 55.0 Å². The van der Waals surface area contributed by atoms with Crippen molar-refractivity contribution in [3.63, 3.8) is 0 Å². The van der Waals surface area contributed by atoms with E-state index in [4.69, 9.17) is 14.2 Å². The second-order valence-electron chi connectivity index (χ2n) is 7.00. The van der Waals surface area contributed by atoms with E-state index in [0.29, 0.717) is 46.8 Å². The fourth-order valence-corrected chi connectivity index (χ4v) is 3.44. The van der Waals surface area contributed by atoms with Gasteiger partial charge in [0, 0.05) is 24.2 Å². The minimum atomic E-state index is -0.539. The third-order valence-electron chi connectivity index (χ3n) is 4.38. The zero-order chi connectivity index (χ0) is 25.0. The summed E-state index contributed by atoms with van der Waals surface area (Å²) in [5.41, 5.74) is 1.24. The molecule has 2 N–H and O–H groups in total. The second kappa shape index (κ2) is 12.8. The van der Waals surface area contributed by atoms with Crippen LogP contribution in [0.15, 0.2) is 59.6 Å². The summed E-state index contributed by atoms with van der Waals surface area (Å²) in [6, 6.07) is 14.1. The van der Waals surface area contributed by atoms with Crippen LogP contribution in [-0.2, 0) is 9.59 Å². The number of carbonyl (C=O) groups is 2. The molecule has 35 heavy (non-hydrogen) atoms. The molecule has 0 spiro atoms. The normalized spacial score (nSPS) is 10.7. The number of nitrogens with zero attached hydrogens (tertiary/aromatic N) is 2. The fourth-order valence-electron chi connectivity index (χ4n) is 2.92. The van der Waals surface area contributed by atoms with E-state index in [1.807, 2.05) is 13.0 Å². The van der Waals surface area contributed by atoms with Gasteiger partial charge in [0.05, 0.1) is 6.61 Å². The number of rotatable bonds is 11. The average Bonchev–Trinajstić information content (AvgIpc) is 3.35. The van der Waals surface area contributed by atoms with E-state index in [1.165, 1.54) is 24.3 Å². The molecule has 1 aromatic heterocycles. The number of ether oxygens (including phenoxy) is 3. The Morgan fingerprint density at radius 1 is 1.06 bits per heavy atom. The monoisotopic (exact) mass is 492 g/mol. The number of thiazole rings is 1. The van der Waals surface area contributed by atoms with Crippen molar-refractivity contribution in [3.8, 4) is 23.3 Å². The Labute approximate surface area is 207 Å². The van der Waals surface area contributed by atoms with Crippen LogP contribution in [0.1, 0.15) is 19.4 Å². The Balaban J connectivity index is 1.60. The van der Waals surface area contributed by atoms with E-state index in [-0.39, 0.29) is 18.1 Å². The Kier molecular flexibility index (Phi) is 9.22. The van der Waals surface area contributed by atoms with Crippen LogP contribution >= 0.6 is 11.3 Å². The number of aromatic nitrogens is 1. The van der Waals surface area contributed by atoms with E-state index in [9.17, 15) is 14.9 Å². The Hall–Kier alpha value is -4.36. The van der Waals surface area contributed by atoms with Gasteiger partial charge in [0.2, 0.25) is 5.91 Å². The molecule has 2 aromatic carbocycles. The summed E-state index contributed by atoms with van der Waals surface area (Å²) in [5.74, 6) is 0.968. The van der Waals surface area contributed by atoms with Crippen LogP contribution in [0.4, 0.5) is 10.8 Å². The zero-order valence-corrected chi connectivity index (χ0v) is 20.1. The third kappa shape index (κ3) is 7.87. The van der Waals surface area contributed by atoms with E-state index in [2.05, 4.69) is 15.6 Å². The predicted molar refractivity (Wildman–Crippen MR) is 134 cm³/mol. The maximum absolute atomic E-state index is 12.4. The highest BCUT2D eigenvalue weighted by molar-refractivity contribution is 7.13. The first-order valence-electron chi connectivity index (χ1n) is 10.7. The molecule has 0 aliphatic carbocycles. The number of nitrogens with one attached hydrogen (secondary N) is 2. The van der Waals surface area contributed by atoms with Gasteiger partial charge in [0.1, 0.15) is 30.6 Å². The number of amides is 2. The van der Waals surface area contributed by atoms with Gasteiger partial charge in [-0.3, -0.25) is 14.9 Å². The molecule has 180 valence electrons. The highest BCUT2D eigenvalue weighted by Crippen LogP contribution is 2.29. The lowest BCUT2D eigenvalue weighted by molar-refractivity contribution is -0.114. The number of anilines is 2. The standard InChI is InChI=1S/C25H24N4O5S/c1-3-32-23-15-18(14-19(16-26)24(31)29-25-27-10-13-35-25)4-9-22(23)34-12-11-33-21-7-5-20(6-8-21)28-17(2)30/h4-10,13-15H,3,11-12H2,1-2H3,(H,28,30)(H,27,29,31)/b19-14-. The molecule has 3 aromatic rings. The van der Waals surface area contributed by atoms with Crippen LogP contribution in [0.5, 0.6) is 17.2 Å². The first-order chi connectivity index (χ1) is 17.0. The minimum absolute atomic E-state index is 0.0609. The van der Waals surface area contributed by atoms with E-state index in [1.54, 1.807) is 54.0 Å². The summed E-state index contributed by atoms with van der Waals surface area (Å²) < 4.78 is 17.2. The SMILES string of the molecule is CCOc1cc(/C=C(/C#N)C(=O)Nc2nccs2)ccc1OCCOc1ccc(NC(C)=O)cc1. The molecule has 0 radical (unpaired) electrons. The zero-order valence-electron chi connectivity index (χ0n) is 19.2. The molecule has 0 bridgehead atoms. The molecule has 0 aliphatic heterocycles. The van der Waals surface area contributed by atoms with Gasteiger partial charge in [-0.25, -0.2) is 4.98 Å². The van der Waals surface area contributed by atoms with Crippen LogP contribution in [0.25, 0.3) is 6.08 Å². The topological polar surface area (TPSA) is 123 Å². The van der Waals surface area contributed by atoms with Crippen molar-refractivity contribution in [2.45, 2.75) is 13.8 Å². The second-order valence-corrected chi connectivity index (χ2v) is 7.90. The number of nitriles is 1. The molecular formula is C25H24N4O5S. The van der Waals surface area contributed by atoms with Gasteiger partial charge in [-0.2, -0.15) is 5.26 Å². The average molecular weight is 493 g/mol. The molecule has 2 amide bonds. The Morgan fingerprint density at radius 2 is 1.83 bits per heavy atom. The van der Waals surface area contributed by atoms with Crippen LogP contribution in [0.2, 0.25) is 0 Å². The van der Waals surface area contributed by atoms with Crippen molar-refractivity contribution in [3.05, 3.63) is 65.2 Å². The predicted octanol–water partition coefficient (Wildman–Crippen LogP) is 4.50. The molecule has 0 aliphatic rings. The number of hydrogen-bond donors (Lipinski definition) is 2.